The highest BCUT2D eigenvalue weighted by Gasteiger charge is 2.07. The standard InChI is InChI=1S/C13H17F2NO2S/c1-2-18-9-3-8-16-12(17)10-4-6-11(7-5-10)19-13(14)15/h4-7,13H,2-3,8-9H2,1H3,(H,16,17). The topological polar surface area (TPSA) is 38.3 Å². The van der Waals surface area contributed by atoms with Crippen LogP contribution in [0.2, 0.25) is 0 Å². The Labute approximate surface area is 115 Å². The molecule has 1 N–H and O–H groups in total. The third-order valence-corrected chi connectivity index (χ3v) is 3.02. The van der Waals surface area contributed by atoms with Crippen LogP contribution in [0.1, 0.15) is 23.7 Å². The number of halogens is 2. The Hall–Kier alpha value is -1.14. The van der Waals surface area contributed by atoms with Crippen molar-refractivity contribution in [1.82, 2.24) is 5.32 Å². The van der Waals surface area contributed by atoms with Crippen LogP contribution in [0.25, 0.3) is 0 Å². The predicted molar refractivity (Wildman–Crippen MR) is 71.7 cm³/mol. The van der Waals surface area contributed by atoms with Crippen LogP contribution in [-0.2, 0) is 4.74 Å². The highest BCUT2D eigenvalue weighted by atomic mass is 32.2. The van der Waals surface area contributed by atoms with E-state index in [0.717, 1.165) is 6.42 Å². The van der Waals surface area contributed by atoms with Crippen molar-refractivity contribution < 1.29 is 18.3 Å². The number of amides is 1. The molecule has 6 heteroatoms. The lowest BCUT2D eigenvalue weighted by Gasteiger charge is -2.06. The second-order valence-electron chi connectivity index (χ2n) is 3.71. The second-order valence-corrected chi connectivity index (χ2v) is 4.77. The number of thioether (sulfide) groups is 1. The molecule has 1 rings (SSSR count). The van der Waals surface area contributed by atoms with E-state index in [0.29, 0.717) is 42.0 Å². The van der Waals surface area contributed by atoms with Crippen molar-refractivity contribution in [1.29, 1.82) is 0 Å². The molecule has 1 aromatic rings. The van der Waals surface area contributed by atoms with Crippen LogP contribution in [0.3, 0.4) is 0 Å². The summed E-state index contributed by atoms with van der Waals surface area (Å²) >= 11 is 0.464. The average molecular weight is 289 g/mol. The van der Waals surface area contributed by atoms with Gasteiger partial charge in [-0.25, -0.2) is 0 Å². The normalized spacial score (nSPS) is 10.7. The van der Waals surface area contributed by atoms with E-state index in [1.54, 1.807) is 12.1 Å². The minimum atomic E-state index is -2.45. The zero-order chi connectivity index (χ0) is 14.1. The van der Waals surface area contributed by atoms with Crippen LogP contribution >= 0.6 is 11.8 Å². The predicted octanol–water partition coefficient (Wildman–Crippen LogP) is 3.16. The van der Waals surface area contributed by atoms with Gasteiger partial charge < -0.3 is 10.1 Å². The summed E-state index contributed by atoms with van der Waals surface area (Å²) in [7, 11) is 0. The summed E-state index contributed by atoms with van der Waals surface area (Å²) in [5.74, 6) is -2.65. The molecule has 0 aliphatic carbocycles. The molecule has 0 saturated heterocycles. The minimum absolute atomic E-state index is 0.204. The summed E-state index contributed by atoms with van der Waals surface area (Å²) in [6.07, 6.45) is 0.749. The molecule has 0 saturated carbocycles. The molecule has 1 aromatic carbocycles. The van der Waals surface area contributed by atoms with Gasteiger partial charge in [-0.1, -0.05) is 11.8 Å². The zero-order valence-electron chi connectivity index (χ0n) is 10.7. The molecule has 0 aliphatic heterocycles. The fourth-order valence-electron chi connectivity index (χ4n) is 1.41. The van der Waals surface area contributed by atoms with Gasteiger partial charge in [-0.3, -0.25) is 4.79 Å². The number of carbonyl (C=O) groups is 1. The second kappa shape index (κ2) is 8.87. The van der Waals surface area contributed by atoms with Crippen molar-refractivity contribution in [2.45, 2.75) is 24.0 Å². The number of hydrogen-bond acceptors (Lipinski definition) is 3. The van der Waals surface area contributed by atoms with Crippen molar-refractivity contribution in [3.63, 3.8) is 0 Å². The Morgan fingerprint density at radius 1 is 1.37 bits per heavy atom. The monoisotopic (exact) mass is 289 g/mol. The van der Waals surface area contributed by atoms with Crippen LogP contribution in [-0.4, -0.2) is 31.4 Å². The number of nitrogens with one attached hydrogen (secondary N) is 1. The molecule has 0 heterocycles. The maximum Gasteiger partial charge on any atom is 0.288 e. The summed E-state index contributed by atoms with van der Waals surface area (Å²) in [4.78, 5) is 12.2. The highest BCUT2D eigenvalue weighted by molar-refractivity contribution is 7.99. The van der Waals surface area contributed by atoms with Crippen molar-refractivity contribution in [2.24, 2.45) is 0 Å². The van der Waals surface area contributed by atoms with E-state index in [9.17, 15) is 13.6 Å². The van der Waals surface area contributed by atoms with Gasteiger partial charge in [-0.05, 0) is 37.6 Å². The van der Waals surface area contributed by atoms with Gasteiger partial charge in [0.15, 0.2) is 0 Å². The number of alkyl halides is 2. The molecule has 0 unspecified atom stereocenters. The van der Waals surface area contributed by atoms with Crippen molar-refractivity contribution >= 4 is 17.7 Å². The molecule has 106 valence electrons. The van der Waals surface area contributed by atoms with Crippen LogP contribution in [0.5, 0.6) is 0 Å². The van der Waals surface area contributed by atoms with Gasteiger partial charge in [0.2, 0.25) is 0 Å². The van der Waals surface area contributed by atoms with E-state index in [1.165, 1.54) is 12.1 Å². The fourth-order valence-corrected chi connectivity index (χ4v) is 1.91. The number of hydrogen-bond donors (Lipinski definition) is 1. The van der Waals surface area contributed by atoms with Gasteiger partial charge in [0.1, 0.15) is 0 Å². The zero-order valence-corrected chi connectivity index (χ0v) is 11.5. The van der Waals surface area contributed by atoms with Gasteiger partial charge >= 0.3 is 0 Å². The maximum absolute atomic E-state index is 12.1. The van der Waals surface area contributed by atoms with Gasteiger partial charge in [-0.15, -0.1) is 0 Å². The minimum Gasteiger partial charge on any atom is -0.382 e. The van der Waals surface area contributed by atoms with Gasteiger partial charge in [-0.2, -0.15) is 8.78 Å². The molecule has 0 bridgehead atoms. The molecule has 19 heavy (non-hydrogen) atoms. The lowest BCUT2D eigenvalue weighted by Crippen LogP contribution is -2.25. The fraction of sp³-hybridized carbons (Fsp3) is 0.462. The van der Waals surface area contributed by atoms with E-state index in [1.807, 2.05) is 6.92 Å². The molecule has 0 spiro atoms. The number of carbonyl (C=O) groups excluding carboxylic acids is 1. The SMILES string of the molecule is CCOCCCNC(=O)c1ccc(SC(F)F)cc1. The molecule has 0 fully saturated rings. The quantitative estimate of drug-likeness (QED) is 0.590. The van der Waals surface area contributed by atoms with Gasteiger partial charge in [0.25, 0.3) is 11.7 Å². The van der Waals surface area contributed by atoms with E-state index in [2.05, 4.69) is 5.32 Å². The highest BCUT2D eigenvalue weighted by Crippen LogP contribution is 2.24. The summed E-state index contributed by atoms with van der Waals surface area (Å²) < 4.78 is 29.4. The van der Waals surface area contributed by atoms with Crippen molar-refractivity contribution in [2.75, 3.05) is 19.8 Å². The first-order chi connectivity index (χ1) is 9.13. The molecule has 0 radical (unpaired) electrons. The van der Waals surface area contributed by atoms with E-state index >= 15 is 0 Å². The first-order valence-electron chi connectivity index (χ1n) is 6.04. The lowest BCUT2D eigenvalue weighted by molar-refractivity contribution is 0.0944. The Balaban J connectivity index is 2.36. The van der Waals surface area contributed by atoms with Crippen LogP contribution in [0, 0.1) is 0 Å². The van der Waals surface area contributed by atoms with Crippen LogP contribution in [0.15, 0.2) is 29.2 Å². The van der Waals surface area contributed by atoms with Crippen molar-refractivity contribution in [3.05, 3.63) is 29.8 Å². The molecular formula is C13H17F2NO2S. The molecule has 0 atom stereocenters. The van der Waals surface area contributed by atoms with E-state index in [-0.39, 0.29) is 5.91 Å². The van der Waals surface area contributed by atoms with Crippen LogP contribution < -0.4 is 5.32 Å². The number of ether oxygens (including phenoxy) is 1. The largest absolute Gasteiger partial charge is 0.382 e. The molecular weight excluding hydrogens is 272 g/mol. The summed E-state index contributed by atoms with van der Waals surface area (Å²) in [5, 5.41) is 2.74. The van der Waals surface area contributed by atoms with Gasteiger partial charge in [0.05, 0.1) is 0 Å². The number of benzene rings is 1. The molecule has 0 aliphatic rings. The Kier molecular flexibility index (Phi) is 7.43. The summed E-state index contributed by atoms with van der Waals surface area (Å²) in [5.41, 5.74) is 0.468. The third-order valence-electron chi connectivity index (χ3n) is 2.30. The number of rotatable bonds is 8. The Morgan fingerprint density at radius 2 is 2.05 bits per heavy atom. The summed E-state index contributed by atoms with van der Waals surface area (Å²) in [6, 6.07) is 6.13. The molecule has 3 nitrogen and oxygen atoms in total. The molecule has 1 amide bonds. The van der Waals surface area contributed by atoms with Gasteiger partial charge in [0, 0.05) is 30.2 Å². The first-order valence-corrected chi connectivity index (χ1v) is 6.92. The maximum atomic E-state index is 12.1. The van der Waals surface area contributed by atoms with Crippen LogP contribution in [0.4, 0.5) is 8.78 Å². The van der Waals surface area contributed by atoms with E-state index in [4.69, 9.17) is 4.74 Å². The lowest BCUT2D eigenvalue weighted by atomic mass is 10.2. The smallest absolute Gasteiger partial charge is 0.288 e. The summed E-state index contributed by atoms with van der Waals surface area (Å²) in [6.45, 7) is 3.72. The van der Waals surface area contributed by atoms with E-state index < -0.39 is 5.76 Å². The molecule has 0 aromatic heterocycles. The average Bonchev–Trinajstić information content (AvgIpc) is 2.38. The Bertz CT molecular complexity index is 385. The third kappa shape index (κ3) is 6.54. The van der Waals surface area contributed by atoms with Crippen molar-refractivity contribution in [3.8, 4) is 0 Å². The Morgan fingerprint density at radius 3 is 2.63 bits per heavy atom. The first kappa shape index (κ1) is 15.9.